The molecule has 7 aromatic rings. The molecule has 6 nitrogen and oxygen atoms in total. The summed E-state index contributed by atoms with van der Waals surface area (Å²) in [4.78, 5) is 19.2. The third-order valence-corrected chi connectivity index (χ3v) is 9.28. The van der Waals surface area contributed by atoms with Crippen molar-refractivity contribution in [2.75, 3.05) is 0 Å². The van der Waals surface area contributed by atoms with E-state index in [0.717, 1.165) is 11.1 Å². The van der Waals surface area contributed by atoms with E-state index in [2.05, 4.69) is 108 Å². The highest BCUT2D eigenvalue weighted by Crippen LogP contribution is 2.62. The Bertz CT molecular complexity index is 2350. The average Bonchev–Trinajstić information content (AvgIpc) is 3.62. The van der Waals surface area contributed by atoms with Crippen molar-refractivity contribution in [1.82, 2.24) is 19.9 Å². The van der Waals surface area contributed by atoms with Gasteiger partial charge < -0.3 is 0 Å². The normalized spacial score (nSPS) is 12.8. The summed E-state index contributed by atoms with van der Waals surface area (Å²) in [6.07, 6.45) is 1.52. The molecule has 0 bridgehead atoms. The fraction of sp³-hybridized carbons (Fsp3) is 0.0244. The number of nitrogens with zero attached hydrogens (tertiary/aromatic N) is 6. The smallest absolute Gasteiger partial charge is 0.182 e. The molecule has 2 aliphatic rings. The van der Waals surface area contributed by atoms with Crippen LogP contribution in [0.1, 0.15) is 33.4 Å². The number of fused-ring (bicyclic) bond motifs is 10. The zero-order valence-corrected chi connectivity index (χ0v) is 24.9. The van der Waals surface area contributed by atoms with Crippen LogP contribution >= 0.6 is 0 Å². The summed E-state index contributed by atoms with van der Waals surface area (Å²) in [6, 6.07) is 47.6. The number of hydrogen-bond donors (Lipinski definition) is 0. The van der Waals surface area contributed by atoms with Crippen molar-refractivity contribution in [2.45, 2.75) is 5.41 Å². The molecule has 1 spiro atoms. The Morgan fingerprint density at radius 1 is 0.447 bits per heavy atom. The molecule has 2 aliphatic carbocycles. The molecule has 5 aromatic carbocycles. The van der Waals surface area contributed by atoms with Crippen LogP contribution in [-0.4, -0.2) is 19.9 Å². The van der Waals surface area contributed by atoms with Crippen LogP contribution in [0.15, 0.2) is 134 Å². The standard InChI is InChI=1S/C41H22N6/c42-22-25-13-16-27(17-14-25)38-45-39(47-40(46-38)37-20-15-26(23-43)24-44-37)28-18-19-32-31-9-3-6-12-35(31)41(36(32)21-28)33-10-4-1-7-29(33)30-8-2-5-11-34(30)41/h1-21,24H. The van der Waals surface area contributed by atoms with Gasteiger partial charge in [0.25, 0.3) is 0 Å². The summed E-state index contributed by atoms with van der Waals surface area (Å²) in [5.41, 5.74) is 12.5. The first-order chi connectivity index (χ1) is 23.2. The molecule has 0 saturated heterocycles. The lowest BCUT2D eigenvalue weighted by Crippen LogP contribution is -2.25. The third kappa shape index (κ3) is 3.83. The molecule has 0 atom stereocenters. The Hall–Kier alpha value is -6.76. The topological polar surface area (TPSA) is 99.1 Å². The summed E-state index contributed by atoms with van der Waals surface area (Å²) in [5, 5.41) is 18.7. The molecular formula is C41H22N6. The number of nitriles is 2. The largest absolute Gasteiger partial charge is 0.252 e. The van der Waals surface area contributed by atoms with Crippen LogP contribution in [0.3, 0.4) is 0 Å². The van der Waals surface area contributed by atoms with Gasteiger partial charge in [-0.1, -0.05) is 84.9 Å². The Labute approximate surface area is 271 Å². The molecule has 0 saturated carbocycles. The molecule has 0 aliphatic heterocycles. The quantitative estimate of drug-likeness (QED) is 0.203. The van der Waals surface area contributed by atoms with E-state index in [1.54, 1.807) is 24.3 Å². The number of benzene rings is 5. The number of hydrogen-bond acceptors (Lipinski definition) is 6. The van der Waals surface area contributed by atoms with Crippen molar-refractivity contribution in [3.63, 3.8) is 0 Å². The van der Waals surface area contributed by atoms with Gasteiger partial charge in [-0.05, 0) is 87.0 Å². The Morgan fingerprint density at radius 3 is 1.49 bits per heavy atom. The number of pyridine rings is 1. The van der Waals surface area contributed by atoms with E-state index in [1.165, 1.54) is 50.7 Å². The lowest BCUT2D eigenvalue weighted by atomic mass is 9.70. The van der Waals surface area contributed by atoms with E-state index in [9.17, 15) is 10.5 Å². The highest BCUT2D eigenvalue weighted by atomic mass is 15.0. The molecule has 2 heterocycles. The molecule has 0 radical (unpaired) electrons. The second kappa shape index (κ2) is 10.1. The van der Waals surface area contributed by atoms with Crippen molar-refractivity contribution in [3.8, 4) is 68.7 Å². The van der Waals surface area contributed by atoms with Gasteiger partial charge >= 0.3 is 0 Å². The van der Waals surface area contributed by atoms with E-state index >= 15 is 0 Å². The fourth-order valence-corrected chi connectivity index (χ4v) is 7.27. The average molecular weight is 599 g/mol. The second-order valence-corrected chi connectivity index (χ2v) is 11.7. The Kier molecular flexibility index (Phi) is 5.74. The van der Waals surface area contributed by atoms with Gasteiger partial charge in [-0.3, -0.25) is 4.98 Å². The minimum Gasteiger partial charge on any atom is -0.252 e. The van der Waals surface area contributed by atoms with Gasteiger partial charge in [0.05, 0.1) is 22.6 Å². The van der Waals surface area contributed by atoms with E-state index in [4.69, 9.17) is 15.0 Å². The highest BCUT2D eigenvalue weighted by Gasteiger charge is 2.51. The van der Waals surface area contributed by atoms with E-state index in [1.807, 2.05) is 12.1 Å². The molecule has 6 heteroatoms. The lowest BCUT2D eigenvalue weighted by Gasteiger charge is -2.30. The van der Waals surface area contributed by atoms with Crippen molar-refractivity contribution in [3.05, 3.63) is 167 Å². The van der Waals surface area contributed by atoms with Crippen LogP contribution in [0.4, 0.5) is 0 Å². The highest BCUT2D eigenvalue weighted by molar-refractivity contribution is 5.95. The maximum Gasteiger partial charge on any atom is 0.182 e. The second-order valence-electron chi connectivity index (χ2n) is 11.7. The first kappa shape index (κ1) is 26.6. The minimum atomic E-state index is -0.490. The summed E-state index contributed by atoms with van der Waals surface area (Å²) in [7, 11) is 0. The predicted octanol–water partition coefficient (Wildman–Crippen LogP) is 8.35. The van der Waals surface area contributed by atoms with E-state index in [-0.39, 0.29) is 0 Å². The van der Waals surface area contributed by atoms with Crippen molar-refractivity contribution >= 4 is 0 Å². The van der Waals surface area contributed by atoms with Crippen LogP contribution in [0, 0.1) is 22.7 Å². The van der Waals surface area contributed by atoms with E-state index < -0.39 is 5.41 Å². The lowest BCUT2D eigenvalue weighted by molar-refractivity contribution is 0.794. The molecule has 216 valence electrons. The molecule has 0 amide bonds. The molecule has 0 unspecified atom stereocenters. The molecule has 0 N–H and O–H groups in total. The van der Waals surface area contributed by atoms with Crippen LogP contribution in [0.2, 0.25) is 0 Å². The van der Waals surface area contributed by atoms with Crippen LogP contribution in [-0.2, 0) is 5.41 Å². The van der Waals surface area contributed by atoms with Crippen molar-refractivity contribution in [1.29, 1.82) is 10.5 Å². The number of aromatic nitrogens is 4. The van der Waals surface area contributed by atoms with Crippen LogP contribution in [0.5, 0.6) is 0 Å². The Balaban J connectivity index is 1.29. The first-order valence-electron chi connectivity index (χ1n) is 15.3. The van der Waals surface area contributed by atoms with Crippen molar-refractivity contribution < 1.29 is 0 Å². The summed E-state index contributed by atoms with van der Waals surface area (Å²) < 4.78 is 0. The predicted molar refractivity (Wildman–Crippen MR) is 180 cm³/mol. The minimum absolute atomic E-state index is 0.397. The van der Waals surface area contributed by atoms with Crippen LogP contribution in [0.25, 0.3) is 56.5 Å². The SMILES string of the molecule is N#Cc1ccc(-c2nc(-c3ccc4c(c3)C3(c5ccccc5-c5ccccc53)c3ccccc3-4)nc(-c3ccc(C#N)cn3)n2)cc1. The maximum absolute atomic E-state index is 9.36. The third-order valence-electron chi connectivity index (χ3n) is 9.28. The summed E-state index contributed by atoms with van der Waals surface area (Å²) in [5.74, 6) is 1.37. The van der Waals surface area contributed by atoms with Gasteiger partial charge in [0.2, 0.25) is 0 Å². The van der Waals surface area contributed by atoms with Gasteiger partial charge in [-0.15, -0.1) is 0 Å². The molecule has 0 fully saturated rings. The van der Waals surface area contributed by atoms with E-state index in [0.29, 0.717) is 34.3 Å². The fourth-order valence-electron chi connectivity index (χ4n) is 7.27. The van der Waals surface area contributed by atoms with Crippen molar-refractivity contribution in [2.24, 2.45) is 0 Å². The summed E-state index contributed by atoms with van der Waals surface area (Å²) >= 11 is 0. The molecular weight excluding hydrogens is 576 g/mol. The van der Waals surface area contributed by atoms with Gasteiger partial charge in [-0.2, -0.15) is 10.5 Å². The zero-order chi connectivity index (χ0) is 31.5. The molecule has 2 aromatic heterocycles. The molecule has 9 rings (SSSR count). The van der Waals surface area contributed by atoms with Crippen LogP contribution < -0.4 is 0 Å². The number of rotatable bonds is 3. The summed E-state index contributed by atoms with van der Waals surface area (Å²) in [6.45, 7) is 0. The first-order valence-corrected chi connectivity index (χ1v) is 15.3. The maximum atomic E-state index is 9.36. The zero-order valence-electron chi connectivity index (χ0n) is 24.9. The molecule has 47 heavy (non-hydrogen) atoms. The van der Waals surface area contributed by atoms with Gasteiger partial charge in [0.1, 0.15) is 11.8 Å². The monoisotopic (exact) mass is 598 g/mol. The van der Waals surface area contributed by atoms with Gasteiger partial charge in [-0.25, -0.2) is 15.0 Å². The van der Waals surface area contributed by atoms with Gasteiger partial charge in [0, 0.05) is 17.3 Å². The van der Waals surface area contributed by atoms with Gasteiger partial charge in [0.15, 0.2) is 17.5 Å². The Morgan fingerprint density at radius 2 is 0.936 bits per heavy atom.